The standard InChI is InChI=1S/C22H31N5/c1-4-6-19-17(5-2)15-27(12-11-25-19)22-14-21(24-10-9-23)18-13-16(3)7-8-20(18)26-22/h5-8,13-14,25H,4,9-12,15,23H2,1-3H3,(H,24,26)/b17-5-,19-6+. The van der Waals surface area contributed by atoms with Crippen LogP contribution in [0.2, 0.25) is 0 Å². The van der Waals surface area contributed by atoms with Crippen molar-refractivity contribution in [2.45, 2.75) is 27.2 Å². The van der Waals surface area contributed by atoms with Crippen molar-refractivity contribution in [2.24, 2.45) is 5.73 Å². The summed E-state index contributed by atoms with van der Waals surface area (Å²) in [5.74, 6) is 1.00. The number of fused-ring (bicyclic) bond motifs is 1. The van der Waals surface area contributed by atoms with E-state index in [1.54, 1.807) is 0 Å². The summed E-state index contributed by atoms with van der Waals surface area (Å²) in [6.07, 6.45) is 5.49. The van der Waals surface area contributed by atoms with Gasteiger partial charge in [-0.15, -0.1) is 0 Å². The van der Waals surface area contributed by atoms with Crippen LogP contribution < -0.4 is 21.3 Å². The van der Waals surface area contributed by atoms with E-state index in [-0.39, 0.29) is 0 Å². The van der Waals surface area contributed by atoms with Gasteiger partial charge in [0.15, 0.2) is 0 Å². The molecule has 1 aromatic heterocycles. The number of rotatable bonds is 5. The summed E-state index contributed by atoms with van der Waals surface area (Å²) in [5.41, 5.74) is 11.6. The molecule has 1 saturated heterocycles. The second kappa shape index (κ2) is 8.91. The molecule has 0 saturated carbocycles. The van der Waals surface area contributed by atoms with Crippen LogP contribution in [-0.2, 0) is 0 Å². The minimum absolute atomic E-state index is 0.604. The number of nitrogens with zero attached hydrogens (tertiary/aromatic N) is 2. The van der Waals surface area contributed by atoms with E-state index in [1.165, 1.54) is 16.8 Å². The summed E-state index contributed by atoms with van der Waals surface area (Å²) in [6.45, 7) is 10.4. The smallest absolute Gasteiger partial charge is 0.131 e. The van der Waals surface area contributed by atoms with E-state index in [2.05, 4.69) is 72.7 Å². The number of anilines is 2. The lowest BCUT2D eigenvalue weighted by Gasteiger charge is -2.23. The van der Waals surface area contributed by atoms with Crippen LogP contribution in [0.1, 0.15) is 25.8 Å². The van der Waals surface area contributed by atoms with Gasteiger partial charge in [-0.05, 0) is 38.0 Å². The molecule has 5 nitrogen and oxygen atoms in total. The number of nitrogens with one attached hydrogen (secondary N) is 2. The average molecular weight is 366 g/mol. The molecular formula is C22H31N5. The first-order chi connectivity index (χ1) is 13.2. The Labute approximate surface area is 162 Å². The van der Waals surface area contributed by atoms with Gasteiger partial charge in [0.25, 0.3) is 0 Å². The molecular weight excluding hydrogens is 334 g/mol. The van der Waals surface area contributed by atoms with Gasteiger partial charge in [0.1, 0.15) is 5.82 Å². The van der Waals surface area contributed by atoms with Crippen molar-refractivity contribution in [3.63, 3.8) is 0 Å². The summed E-state index contributed by atoms with van der Waals surface area (Å²) in [4.78, 5) is 7.32. The number of aryl methyl sites for hydroxylation is 1. The summed E-state index contributed by atoms with van der Waals surface area (Å²) >= 11 is 0. The number of allylic oxidation sites excluding steroid dienone is 2. The Morgan fingerprint density at radius 1 is 1.33 bits per heavy atom. The molecule has 2 heterocycles. The zero-order valence-corrected chi connectivity index (χ0v) is 16.7. The third-order valence-electron chi connectivity index (χ3n) is 4.90. The van der Waals surface area contributed by atoms with Crippen LogP contribution in [0.15, 0.2) is 47.7 Å². The minimum Gasteiger partial charge on any atom is -0.383 e. The van der Waals surface area contributed by atoms with E-state index in [9.17, 15) is 0 Å². The van der Waals surface area contributed by atoms with Crippen LogP contribution in [0.3, 0.4) is 0 Å². The van der Waals surface area contributed by atoms with Crippen molar-refractivity contribution in [2.75, 3.05) is 42.9 Å². The van der Waals surface area contributed by atoms with Gasteiger partial charge in [-0.25, -0.2) is 4.98 Å². The maximum atomic E-state index is 5.72. The SMILES string of the molecule is C/C=C1/CN(c2cc(NCCN)c3cc(C)ccc3n2)CCN/C1=C/CC. The highest BCUT2D eigenvalue weighted by molar-refractivity contribution is 5.93. The molecule has 0 unspecified atom stereocenters. The highest BCUT2D eigenvalue weighted by atomic mass is 15.2. The Morgan fingerprint density at radius 2 is 2.19 bits per heavy atom. The van der Waals surface area contributed by atoms with Crippen LogP contribution in [0.5, 0.6) is 0 Å². The van der Waals surface area contributed by atoms with E-state index in [0.29, 0.717) is 6.54 Å². The van der Waals surface area contributed by atoms with Gasteiger partial charge in [0.05, 0.1) is 5.52 Å². The highest BCUT2D eigenvalue weighted by Gasteiger charge is 2.18. The van der Waals surface area contributed by atoms with Gasteiger partial charge in [-0.1, -0.05) is 30.7 Å². The molecule has 0 atom stereocenters. The zero-order valence-electron chi connectivity index (χ0n) is 16.7. The van der Waals surface area contributed by atoms with Crippen molar-refractivity contribution < 1.29 is 0 Å². The predicted molar refractivity (Wildman–Crippen MR) is 116 cm³/mol. The van der Waals surface area contributed by atoms with Gasteiger partial charge in [0, 0.05) is 55.6 Å². The third kappa shape index (κ3) is 4.42. The lowest BCUT2D eigenvalue weighted by Crippen LogP contribution is -2.29. The molecule has 2 aromatic rings. The predicted octanol–water partition coefficient (Wildman–Crippen LogP) is 3.56. The zero-order chi connectivity index (χ0) is 19.2. The average Bonchev–Trinajstić information content (AvgIpc) is 2.88. The lowest BCUT2D eigenvalue weighted by molar-refractivity contribution is 0.789. The Morgan fingerprint density at radius 3 is 2.93 bits per heavy atom. The minimum atomic E-state index is 0.604. The summed E-state index contributed by atoms with van der Waals surface area (Å²) in [6, 6.07) is 8.58. The Kier molecular flexibility index (Phi) is 6.35. The fourth-order valence-electron chi connectivity index (χ4n) is 3.50. The van der Waals surface area contributed by atoms with E-state index in [1.807, 2.05) is 0 Å². The van der Waals surface area contributed by atoms with Crippen molar-refractivity contribution in [3.8, 4) is 0 Å². The van der Waals surface area contributed by atoms with E-state index >= 15 is 0 Å². The topological polar surface area (TPSA) is 66.2 Å². The van der Waals surface area contributed by atoms with Crippen LogP contribution in [-0.4, -0.2) is 37.7 Å². The number of hydrogen-bond donors (Lipinski definition) is 3. The molecule has 0 radical (unpaired) electrons. The fourth-order valence-corrected chi connectivity index (χ4v) is 3.50. The molecule has 1 aromatic carbocycles. The van der Waals surface area contributed by atoms with Gasteiger partial charge in [0.2, 0.25) is 0 Å². The van der Waals surface area contributed by atoms with Crippen LogP contribution in [0.25, 0.3) is 10.9 Å². The molecule has 27 heavy (non-hydrogen) atoms. The first-order valence-corrected chi connectivity index (χ1v) is 9.86. The molecule has 1 fully saturated rings. The number of hydrogen-bond acceptors (Lipinski definition) is 5. The Hall–Kier alpha value is -2.53. The van der Waals surface area contributed by atoms with Crippen molar-refractivity contribution >= 4 is 22.4 Å². The number of pyridine rings is 1. The second-order valence-corrected chi connectivity index (χ2v) is 6.95. The molecule has 144 valence electrons. The van der Waals surface area contributed by atoms with Gasteiger partial charge in [-0.3, -0.25) is 0 Å². The van der Waals surface area contributed by atoms with Crippen LogP contribution in [0.4, 0.5) is 11.5 Å². The fraction of sp³-hybridized carbons (Fsp3) is 0.409. The number of aromatic nitrogens is 1. The lowest BCUT2D eigenvalue weighted by atomic mass is 10.1. The molecule has 0 aliphatic carbocycles. The maximum Gasteiger partial charge on any atom is 0.131 e. The summed E-state index contributed by atoms with van der Waals surface area (Å²) in [7, 11) is 0. The Bertz CT molecular complexity index is 853. The molecule has 0 bridgehead atoms. The first-order valence-electron chi connectivity index (χ1n) is 9.86. The molecule has 5 heteroatoms. The quantitative estimate of drug-likeness (QED) is 0.756. The number of nitrogens with two attached hydrogens (primary N) is 1. The number of benzene rings is 1. The van der Waals surface area contributed by atoms with Crippen molar-refractivity contribution in [3.05, 3.63) is 53.3 Å². The molecule has 0 spiro atoms. The van der Waals surface area contributed by atoms with Gasteiger partial charge < -0.3 is 21.3 Å². The molecule has 1 aliphatic heterocycles. The van der Waals surface area contributed by atoms with Gasteiger partial charge in [-0.2, -0.15) is 0 Å². The summed E-state index contributed by atoms with van der Waals surface area (Å²) < 4.78 is 0. The summed E-state index contributed by atoms with van der Waals surface area (Å²) in [5, 5.41) is 8.20. The highest BCUT2D eigenvalue weighted by Crippen LogP contribution is 2.29. The molecule has 4 N–H and O–H groups in total. The second-order valence-electron chi connectivity index (χ2n) is 6.95. The van der Waals surface area contributed by atoms with Crippen LogP contribution in [0, 0.1) is 6.92 Å². The van der Waals surface area contributed by atoms with Gasteiger partial charge >= 0.3 is 0 Å². The maximum absolute atomic E-state index is 5.72. The monoisotopic (exact) mass is 365 g/mol. The molecule has 3 rings (SSSR count). The third-order valence-corrected chi connectivity index (χ3v) is 4.90. The first kappa shape index (κ1) is 19.2. The largest absolute Gasteiger partial charge is 0.383 e. The molecule has 0 amide bonds. The van der Waals surface area contributed by atoms with E-state index in [0.717, 1.165) is 55.0 Å². The van der Waals surface area contributed by atoms with E-state index in [4.69, 9.17) is 10.7 Å². The van der Waals surface area contributed by atoms with Crippen molar-refractivity contribution in [1.29, 1.82) is 0 Å². The normalized spacial score (nSPS) is 18.0. The Balaban J connectivity index is 2.00. The molecule has 1 aliphatic rings. The van der Waals surface area contributed by atoms with E-state index < -0.39 is 0 Å². The van der Waals surface area contributed by atoms with Crippen LogP contribution >= 0.6 is 0 Å². The van der Waals surface area contributed by atoms with Crippen molar-refractivity contribution in [1.82, 2.24) is 10.3 Å².